The molecule has 2 unspecified atom stereocenters. The van der Waals surface area contributed by atoms with E-state index in [1.807, 2.05) is 10.8 Å². The summed E-state index contributed by atoms with van der Waals surface area (Å²) < 4.78 is 19.7. The summed E-state index contributed by atoms with van der Waals surface area (Å²) in [5.74, 6) is 0.907. The Balaban J connectivity index is 1.07. The van der Waals surface area contributed by atoms with Gasteiger partial charge in [-0.05, 0) is 47.2 Å². The Kier molecular flexibility index (Phi) is 7.39. The molecule has 1 saturated heterocycles. The number of benzene rings is 2. The summed E-state index contributed by atoms with van der Waals surface area (Å²) in [4.78, 5) is 6.54. The number of rotatable bonds is 9. The van der Waals surface area contributed by atoms with Crippen LogP contribution in [0.5, 0.6) is 5.75 Å². The molecule has 1 fully saturated rings. The van der Waals surface area contributed by atoms with E-state index in [0.29, 0.717) is 19.8 Å². The van der Waals surface area contributed by atoms with Gasteiger partial charge in [-0.2, -0.15) is 0 Å². The highest BCUT2D eigenvalue weighted by Gasteiger charge is 2.27. The minimum Gasteiger partial charge on any atom is -0.491 e. The summed E-state index contributed by atoms with van der Waals surface area (Å²) in [5.41, 5.74) is 5.42. The first-order chi connectivity index (χ1) is 16.7. The van der Waals surface area contributed by atoms with Gasteiger partial charge in [0.2, 0.25) is 0 Å². The second kappa shape index (κ2) is 11.0. The van der Waals surface area contributed by atoms with Crippen molar-refractivity contribution in [3.63, 3.8) is 0 Å². The number of ether oxygens (including phenoxy) is 3. The molecule has 0 saturated carbocycles. The standard InChI is InChI=1S/C28H33N3O3/c1-2-22-5-7-23(8-6-22)4-3-13-30-14-11-24-16-26(10-9-25(24)17-30)32-19-27-20-33-28(34-27)18-31-15-12-29-21-31/h3-10,12,15-16,21,27-28H,2,11,13-14,17-20H2,1H3/b4-3+. The maximum absolute atomic E-state index is 6.05. The highest BCUT2D eigenvalue weighted by Crippen LogP contribution is 2.25. The summed E-state index contributed by atoms with van der Waals surface area (Å²) >= 11 is 0. The lowest BCUT2D eigenvalue weighted by atomic mass is 9.99. The molecule has 2 aromatic carbocycles. The van der Waals surface area contributed by atoms with Gasteiger partial charge in [-0.15, -0.1) is 0 Å². The Hall–Kier alpha value is -2.93. The molecule has 0 spiro atoms. The van der Waals surface area contributed by atoms with Crippen molar-refractivity contribution in [1.29, 1.82) is 0 Å². The number of aromatic nitrogens is 2. The van der Waals surface area contributed by atoms with Crippen LogP contribution in [0.3, 0.4) is 0 Å². The van der Waals surface area contributed by atoms with Crippen LogP contribution >= 0.6 is 0 Å². The Bertz CT molecular complexity index is 1080. The second-order valence-electron chi connectivity index (χ2n) is 9.00. The van der Waals surface area contributed by atoms with E-state index in [4.69, 9.17) is 14.2 Å². The molecule has 34 heavy (non-hydrogen) atoms. The number of nitrogens with zero attached hydrogens (tertiary/aromatic N) is 3. The van der Waals surface area contributed by atoms with Crippen molar-refractivity contribution in [1.82, 2.24) is 14.5 Å². The van der Waals surface area contributed by atoms with Crippen molar-refractivity contribution in [2.24, 2.45) is 0 Å². The van der Waals surface area contributed by atoms with E-state index in [1.54, 1.807) is 12.5 Å². The van der Waals surface area contributed by atoms with E-state index in [0.717, 1.165) is 38.2 Å². The summed E-state index contributed by atoms with van der Waals surface area (Å²) in [6.07, 6.45) is 11.8. The summed E-state index contributed by atoms with van der Waals surface area (Å²) in [6, 6.07) is 15.3. The first-order valence-corrected chi connectivity index (χ1v) is 12.2. The van der Waals surface area contributed by atoms with Crippen LogP contribution in [0.2, 0.25) is 0 Å². The number of fused-ring (bicyclic) bond motifs is 1. The van der Waals surface area contributed by atoms with Gasteiger partial charge in [-0.25, -0.2) is 4.98 Å². The van der Waals surface area contributed by atoms with E-state index >= 15 is 0 Å². The number of aryl methyl sites for hydroxylation is 1. The molecule has 1 aromatic heterocycles. The van der Waals surface area contributed by atoms with Gasteiger partial charge in [0, 0.05) is 32.0 Å². The fourth-order valence-electron chi connectivity index (χ4n) is 4.48. The van der Waals surface area contributed by atoms with Crippen molar-refractivity contribution in [2.45, 2.75) is 45.2 Å². The SMILES string of the molecule is CCc1ccc(/C=C/CN2CCc3cc(OCC4COC(Cn5ccnc5)O4)ccc3C2)cc1. The second-order valence-corrected chi connectivity index (χ2v) is 9.00. The maximum Gasteiger partial charge on any atom is 0.176 e. The molecule has 3 heterocycles. The maximum atomic E-state index is 6.05. The lowest BCUT2D eigenvalue weighted by Gasteiger charge is -2.28. The van der Waals surface area contributed by atoms with E-state index in [-0.39, 0.29) is 12.4 Å². The normalized spacial score (nSPS) is 20.6. The van der Waals surface area contributed by atoms with Gasteiger partial charge in [0.1, 0.15) is 18.5 Å². The number of imidazole rings is 1. The Morgan fingerprint density at radius 3 is 2.88 bits per heavy atom. The molecule has 5 rings (SSSR count). The molecule has 0 amide bonds. The van der Waals surface area contributed by atoms with Crippen LogP contribution in [0.1, 0.15) is 29.2 Å². The lowest BCUT2D eigenvalue weighted by molar-refractivity contribution is -0.0726. The van der Waals surface area contributed by atoms with Crippen molar-refractivity contribution in [3.05, 3.63) is 89.5 Å². The van der Waals surface area contributed by atoms with Gasteiger partial charge >= 0.3 is 0 Å². The van der Waals surface area contributed by atoms with Gasteiger partial charge in [0.25, 0.3) is 0 Å². The predicted octanol–water partition coefficient (Wildman–Crippen LogP) is 4.34. The quantitative estimate of drug-likeness (QED) is 0.477. The molecule has 6 nitrogen and oxygen atoms in total. The first-order valence-electron chi connectivity index (χ1n) is 12.2. The van der Waals surface area contributed by atoms with Crippen LogP contribution in [0.4, 0.5) is 0 Å². The molecule has 0 bridgehead atoms. The average molecular weight is 460 g/mol. The fourth-order valence-corrected chi connectivity index (χ4v) is 4.48. The van der Waals surface area contributed by atoms with Crippen LogP contribution in [-0.4, -0.2) is 53.1 Å². The van der Waals surface area contributed by atoms with E-state index in [2.05, 4.69) is 71.4 Å². The number of hydrogen-bond acceptors (Lipinski definition) is 5. The molecule has 6 heteroatoms. The molecular weight excluding hydrogens is 426 g/mol. The minimum atomic E-state index is -0.248. The van der Waals surface area contributed by atoms with Gasteiger partial charge in [0.05, 0.1) is 19.5 Å². The van der Waals surface area contributed by atoms with Crippen molar-refractivity contribution in [2.75, 3.05) is 26.3 Å². The van der Waals surface area contributed by atoms with Crippen LogP contribution in [0.15, 0.2) is 67.3 Å². The molecule has 178 valence electrons. The first kappa shape index (κ1) is 22.8. The molecule has 0 N–H and O–H groups in total. The third kappa shape index (κ3) is 5.95. The van der Waals surface area contributed by atoms with Crippen molar-refractivity contribution >= 4 is 6.08 Å². The highest BCUT2D eigenvalue weighted by molar-refractivity contribution is 5.50. The molecule has 0 radical (unpaired) electrons. The fraction of sp³-hybridized carbons (Fsp3) is 0.393. The van der Waals surface area contributed by atoms with Gasteiger partial charge in [0.15, 0.2) is 6.29 Å². The molecule has 2 aliphatic rings. The van der Waals surface area contributed by atoms with Crippen LogP contribution < -0.4 is 4.74 Å². The zero-order chi connectivity index (χ0) is 23.2. The third-order valence-electron chi connectivity index (χ3n) is 6.50. The van der Waals surface area contributed by atoms with Gasteiger partial charge in [-0.3, -0.25) is 4.90 Å². The monoisotopic (exact) mass is 459 g/mol. The van der Waals surface area contributed by atoms with Crippen LogP contribution in [0, 0.1) is 0 Å². The topological polar surface area (TPSA) is 48.8 Å². The predicted molar refractivity (Wildman–Crippen MR) is 133 cm³/mol. The van der Waals surface area contributed by atoms with Crippen LogP contribution in [-0.2, 0) is 35.4 Å². The Labute approximate surface area is 201 Å². The molecular formula is C28H33N3O3. The van der Waals surface area contributed by atoms with E-state index < -0.39 is 0 Å². The summed E-state index contributed by atoms with van der Waals surface area (Å²) in [7, 11) is 0. The minimum absolute atomic E-state index is 0.0509. The third-order valence-corrected chi connectivity index (χ3v) is 6.50. The Morgan fingerprint density at radius 2 is 2.06 bits per heavy atom. The Morgan fingerprint density at radius 1 is 1.15 bits per heavy atom. The average Bonchev–Trinajstić information content (AvgIpc) is 3.55. The number of hydrogen-bond donors (Lipinski definition) is 0. The zero-order valence-electron chi connectivity index (χ0n) is 19.8. The summed E-state index contributed by atoms with van der Waals surface area (Å²) in [6.45, 7) is 6.88. The van der Waals surface area contributed by atoms with Crippen LogP contribution in [0.25, 0.3) is 6.08 Å². The zero-order valence-corrected chi connectivity index (χ0v) is 19.8. The lowest BCUT2D eigenvalue weighted by Crippen LogP contribution is -2.30. The smallest absolute Gasteiger partial charge is 0.176 e. The van der Waals surface area contributed by atoms with E-state index in [9.17, 15) is 0 Å². The molecule has 2 atom stereocenters. The highest BCUT2D eigenvalue weighted by atomic mass is 16.7. The largest absolute Gasteiger partial charge is 0.491 e. The van der Waals surface area contributed by atoms with Crippen molar-refractivity contribution < 1.29 is 14.2 Å². The molecule has 2 aliphatic heterocycles. The van der Waals surface area contributed by atoms with Gasteiger partial charge < -0.3 is 18.8 Å². The van der Waals surface area contributed by atoms with Gasteiger partial charge in [-0.1, -0.05) is 49.4 Å². The van der Waals surface area contributed by atoms with E-state index in [1.165, 1.54) is 22.3 Å². The van der Waals surface area contributed by atoms with Crippen molar-refractivity contribution in [3.8, 4) is 5.75 Å². The molecule has 3 aromatic rings. The molecule has 0 aliphatic carbocycles. The summed E-state index contributed by atoms with van der Waals surface area (Å²) in [5, 5.41) is 0.